The zero-order valence-electron chi connectivity index (χ0n) is 12.5. The Balaban J connectivity index is 1.38. The van der Waals surface area contributed by atoms with Crippen molar-refractivity contribution in [2.75, 3.05) is 6.79 Å². The third kappa shape index (κ3) is 2.85. The number of carbonyl (C=O) groups is 1. The molecule has 2 heterocycles. The lowest BCUT2D eigenvalue weighted by atomic mass is 10.1. The monoisotopic (exact) mass is 308 g/mol. The Kier molecular flexibility index (Phi) is 3.38. The number of rotatable bonds is 4. The zero-order valence-corrected chi connectivity index (χ0v) is 12.5. The van der Waals surface area contributed by atoms with E-state index in [4.69, 9.17) is 9.47 Å². The highest BCUT2D eigenvalue weighted by molar-refractivity contribution is 5.83. The Morgan fingerprint density at radius 1 is 1.04 bits per heavy atom. The van der Waals surface area contributed by atoms with Crippen LogP contribution in [0.1, 0.15) is 11.1 Å². The summed E-state index contributed by atoms with van der Waals surface area (Å²) in [5.41, 5.74) is 3.02. The topological polar surface area (TPSA) is 63.4 Å². The highest BCUT2D eigenvalue weighted by atomic mass is 16.7. The van der Waals surface area contributed by atoms with Crippen LogP contribution in [0.3, 0.4) is 0 Å². The van der Waals surface area contributed by atoms with Crippen LogP contribution in [0.25, 0.3) is 10.9 Å². The predicted molar refractivity (Wildman–Crippen MR) is 86.4 cm³/mol. The minimum Gasteiger partial charge on any atom is -0.454 e. The lowest BCUT2D eigenvalue weighted by Gasteiger charge is -2.07. The van der Waals surface area contributed by atoms with Gasteiger partial charge in [-0.2, -0.15) is 0 Å². The van der Waals surface area contributed by atoms with Gasteiger partial charge in [0, 0.05) is 18.3 Å². The van der Waals surface area contributed by atoms with E-state index in [1.165, 1.54) is 0 Å². The molecule has 4 rings (SSSR count). The largest absolute Gasteiger partial charge is 0.454 e. The molecule has 0 radical (unpaired) electrons. The lowest BCUT2D eigenvalue weighted by Crippen LogP contribution is -2.24. The second-order valence-electron chi connectivity index (χ2n) is 5.54. The van der Waals surface area contributed by atoms with Gasteiger partial charge < -0.3 is 19.8 Å². The molecule has 23 heavy (non-hydrogen) atoms. The van der Waals surface area contributed by atoms with Gasteiger partial charge in [0.2, 0.25) is 12.7 Å². The van der Waals surface area contributed by atoms with Gasteiger partial charge in [-0.05, 0) is 40.8 Å². The number of H-pyrrole nitrogens is 1. The highest BCUT2D eigenvalue weighted by Gasteiger charge is 2.13. The van der Waals surface area contributed by atoms with Crippen molar-refractivity contribution in [1.82, 2.24) is 10.3 Å². The fourth-order valence-corrected chi connectivity index (χ4v) is 2.70. The molecule has 0 fully saturated rings. The molecule has 1 amide bonds. The van der Waals surface area contributed by atoms with Crippen LogP contribution in [0.2, 0.25) is 0 Å². The Hall–Kier alpha value is -2.95. The summed E-state index contributed by atoms with van der Waals surface area (Å²) in [7, 11) is 0. The molecule has 0 aliphatic carbocycles. The first-order valence-corrected chi connectivity index (χ1v) is 7.49. The molecule has 2 aromatic carbocycles. The van der Waals surface area contributed by atoms with Crippen LogP contribution in [0.4, 0.5) is 0 Å². The number of hydrogen-bond donors (Lipinski definition) is 2. The minimum atomic E-state index is -0.00595. The van der Waals surface area contributed by atoms with Crippen LogP contribution in [0.5, 0.6) is 11.5 Å². The zero-order chi connectivity index (χ0) is 15.6. The van der Waals surface area contributed by atoms with Crippen molar-refractivity contribution in [1.29, 1.82) is 0 Å². The summed E-state index contributed by atoms with van der Waals surface area (Å²) in [4.78, 5) is 15.3. The maximum absolute atomic E-state index is 12.1. The maximum Gasteiger partial charge on any atom is 0.231 e. The van der Waals surface area contributed by atoms with Crippen molar-refractivity contribution in [3.8, 4) is 11.5 Å². The maximum atomic E-state index is 12.1. The second kappa shape index (κ2) is 5.68. The summed E-state index contributed by atoms with van der Waals surface area (Å²) in [6.45, 7) is 0.729. The number of fused-ring (bicyclic) bond motifs is 2. The molecule has 3 aromatic rings. The molecular weight excluding hydrogens is 292 g/mol. The molecule has 0 bridgehead atoms. The van der Waals surface area contributed by atoms with Gasteiger partial charge in [-0.1, -0.05) is 18.2 Å². The van der Waals surface area contributed by atoms with Gasteiger partial charge in [-0.15, -0.1) is 0 Å². The normalized spacial score (nSPS) is 12.5. The molecule has 0 atom stereocenters. The first kappa shape index (κ1) is 13.7. The molecule has 0 saturated heterocycles. The molecule has 116 valence electrons. The van der Waals surface area contributed by atoms with E-state index in [1.807, 2.05) is 48.7 Å². The molecule has 1 aromatic heterocycles. The minimum absolute atomic E-state index is 0.00595. The van der Waals surface area contributed by atoms with Crippen molar-refractivity contribution in [2.24, 2.45) is 0 Å². The lowest BCUT2D eigenvalue weighted by molar-refractivity contribution is -0.120. The van der Waals surface area contributed by atoms with Gasteiger partial charge in [0.25, 0.3) is 0 Å². The first-order valence-electron chi connectivity index (χ1n) is 7.49. The SMILES string of the molecule is O=C(Cc1ccc2cc[nH]c2c1)NCc1ccc2c(c1)OCO2. The van der Waals surface area contributed by atoms with E-state index in [2.05, 4.69) is 10.3 Å². The van der Waals surface area contributed by atoms with E-state index in [0.29, 0.717) is 13.0 Å². The number of amides is 1. The highest BCUT2D eigenvalue weighted by Crippen LogP contribution is 2.32. The standard InChI is InChI=1S/C18H16N2O3/c21-18(9-12-1-3-14-5-6-19-15(14)7-12)20-10-13-2-4-16-17(8-13)23-11-22-16/h1-8,19H,9-11H2,(H,20,21). The van der Waals surface area contributed by atoms with E-state index < -0.39 is 0 Å². The fourth-order valence-electron chi connectivity index (χ4n) is 2.70. The Labute approximate surface area is 133 Å². The molecule has 5 nitrogen and oxygen atoms in total. The number of nitrogens with one attached hydrogen (secondary N) is 2. The average molecular weight is 308 g/mol. The molecule has 0 unspecified atom stereocenters. The van der Waals surface area contributed by atoms with Crippen molar-refractivity contribution in [3.05, 3.63) is 59.8 Å². The van der Waals surface area contributed by atoms with Crippen LogP contribution in [-0.4, -0.2) is 17.7 Å². The summed E-state index contributed by atoms with van der Waals surface area (Å²) in [5, 5.41) is 4.08. The van der Waals surface area contributed by atoms with Crippen LogP contribution in [-0.2, 0) is 17.8 Å². The Morgan fingerprint density at radius 2 is 1.91 bits per heavy atom. The Morgan fingerprint density at radius 3 is 2.87 bits per heavy atom. The summed E-state index contributed by atoms with van der Waals surface area (Å²) in [6, 6.07) is 13.7. The van der Waals surface area contributed by atoms with Gasteiger partial charge in [-0.25, -0.2) is 0 Å². The van der Waals surface area contributed by atoms with Crippen molar-refractivity contribution < 1.29 is 14.3 Å². The third-order valence-electron chi connectivity index (χ3n) is 3.91. The van der Waals surface area contributed by atoms with Crippen LogP contribution in [0, 0.1) is 0 Å². The van der Waals surface area contributed by atoms with Crippen LogP contribution >= 0.6 is 0 Å². The summed E-state index contributed by atoms with van der Waals surface area (Å²) < 4.78 is 10.6. The summed E-state index contributed by atoms with van der Waals surface area (Å²) in [6.07, 6.45) is 2.26. The molecule has 5 heteroatoms. The third-order valence-corrected chi connectivity index (χ3v) is 3.91. The number of aromatic nitrogens is 1. The van der Waals surface area contributed by atoms with E-state index >= 15 is 0 Å². The van der Waals surface area contributed by atoms with Crippen LogP contribution in [0.15, 0.2) is 48.7 Å². The van der Waals surface area contributed by atoms with Gasteiger partial charge in [0.1, 0.15) is 0 Å². The predicted octanol–water partition coefficient (Wildman–Crippen LogP) is 2.76. The summed E-state index contributed by atoms with van der Waals surface area (Å²) >= 11 is 0. The quantitative estimate of drug-likeness (QED) is 0.779. The number of ether oxygens (including phenoxy) is 2. The van der Waals surface area contributed by atoms with Crippen molar-refractivity contribution >= 4 is 16.8 Å². The average Bonchev–Trinajstić information content (AvgIpc) is 3.20. The van der Waals surface area contributed by atoms with Gasteiger partial charge in [0.15, 0.2) is 11.5 Å². The van der Waals surface area contributed by atoms with Crippen molar-refractivity contribution in [3.63, 3.8) is 0 Å². The van der Waals surface area contributed by atoms with E-state index in [1.54, 1.807) is 0 Å². The van der Waals surface area contributed by atoms with Gasteiger partial charge >= 0.3 is 0 Å². The Bertz CT molecular complexity index is 870. The molecule has 0 saturated carbocycles. The fraction of sp³-hybridized carbons (Fsp3) is 0.167. The molecule has 1 aliphatic heterocycles. The van der Waals surface area contributed by atoms with E-state index in [9.17, 15) is 4.79 Å². The number of benzene rings is 2. The van der Waals surface area contributed by atoms with Crippen LogP contribution < -0.4 is 14.8 Å². The van der Waals surface area contributed by atoms with Gasteiger partial charge in [-0.3, -0.25) is 4.79 Å². The van der Waals surface area contributed by atoms with E-state index in [0.717, 1.165) is 33.5 Å². The molecule has 1 aliphatic rings. The number of hydrogen-bond acceptors (Lipinski definition) is 3. The number of aromatic amines is 1. The first-order chi connectivity index (χ1) is 11.3. The molecular formula is C18H16N2O3. The number of carbonyl (C=O) groups excluding carboxylic acids is 1. The summed E-state index contributed by atoms with van der Waals surface area (Å²) in [5.74, 6) is 1.47. The molecule has 2 N–H and O–H groups in total. The molecule has 0 spiro atoms. The van der Waals surface area contributed by atoms with E-state index in [-0.39, 0.29) is 12.7 Å². The smallest absolute Gasteiger partial charge is 0.231 e. The van der Waals surface area contributed by atoms with Gasteiger partial charge in [0.05, 0.1) is 6.42 Å². The van der Waals surface area contributed by atoms with Crippen molar-refractivity contribution in [2.45, 2.75) is 13.0 Å². The second-order valence-corrected chi connectivity index (χ2v) is 5.54.